The highest BCUT2D eigenvalue weighted by Gasteiger charge is 2.19. The number of carbonyl (C=O) groups is 2. The zero-order valence-electron chi connectivity index (χ0n) is 11.9. The monoisotopic (exact) mass is 341 g/mol. The number of nitrogens with one attached hydrogen (secondary N) is 2. The molecule has 2 N–H and O–H groups in total. The molecule has 110 valence electrons. The Morgan fingerprint density at radius 3 is 2.60 bits per heavy atom. The highest BCUT2D eigenvalue weighted by Crippen LogP contribution is 2.20. The molecule has 0 spiro atoms. The third-order valence-corrected chi connectivity index (χ3v) is 3.62. The number of rotatable bonds is 6. The van der Waals surface area contributed by atoms with Crippen molar-refractivity contribution in [2.75, 3.05) is 25.5 Å². The van der Waals surface area contributed by atoms with E-state index in [9.17, 15) is 9.59 Å². The highest BCUT2D eigenvalue weighted by molar-refractivity contribution is 9.10. The molecule has 0 saturated carbocycles. The summed E-state index contributed by atoms with van der Waals surface area (Å²) in [6.07, 6.45) is 0. The summed E-state index contributed by atoms with van der Waals surface area (Å²) in [6, 6.07) is 7.05. The Hall–Kier alpha value is -1.40. The number of nitrogens with zero attached hydrogens (tertiary/aromatic N) is 1. The van der Waals surface area contributed by atoms with Gasteiger partial charge in [0.1, 0.15) is 0 Å². The number of amides is 2. The van der Waals surface area contributed by atoms with Gasteiger partial charge in [-0.1, -0.05) is 12.1 Å². The molecule has 0 unspecified atom stereocenters. The molecule has 0 aromatic heterocycles. The predicted octanol–water partition coefficient (Wildman–Crippen LogP) is 1.84. The summed E-state index contributed by atoms with van der Waals surface area (Å²) >= 11 is 3.37. The molecule has 0 fully saturated rings. The molecule has 0 aliphatic heterocycles. The molecule has 0 saturated heterocycles. The van der Waals surface area contributed by atoms with E-state index in [-0.39, 0.29) is 24.4 Å². The number of likely N-dealkylation sites (N-methyl/N-ethyl adjacent to an activating group) is 2. The number of hydrogen-bond donors (Lipinski definition) is 2. The van der Waals surface area contributed by atoms with Crippen molar-refractivity contribution in [3.05, 3.63) is 28.7 Å². The van der Waals surface area contributed by atoms with Crippen LogP contribution in [-0.4, -0.2) is 42.9 Å². The molecule has 1 rings (SSSR count). The Morgan fingerprint density at radius 1 is 1.35 bits per heavy atom. The van der Waals surface area contributed by atoms with Gasteiger partial charge >= 0.3 is 0 Å². The summed E-state index contributed by atoms with van der Waals surface area (Å²) in [4.78, 5) is 25.3. The lowest BCUT2D eigenvalue weighted by Gasteiger charge is -2.23. The van der Waals surface area contributed by atoms with Gasteiger partial charge in [0.05, 0.1) is 18.3 Å². The topological polar surface area (TPSA) is 61.4 Å². The minimum Gasteiger partial charge on any atom is -0.355 e. The van der Waals surface area contributed by atoms with Crippen molar-refractivity contribution in [1.29, 1.82) is 0 Å². The Bertz CT molecular complexity index is 479. The first-order chi connectivity index (χ1) is 9.45. The summed E-state index contributed by atoms with van der Waals surface area (Å²) < 4.78 is 0.827. The molecule has 0 aliphatic carbocycles. The number of carbonyl (C=O) groups excluding carboxylic acids is 2. The van der Waals surface area contributed by atoms with Gasteiger partial charge in [-0.15, -0.1) is 0 Å². The van der Waals surface area contributed by atoms with Crippen LogP contribution in [0.15, 0.2) is 28.7 Å². The van der Waals surface area contributed by atoms with Crippen LogP contribution in [0, 0.1) is 0 Å². The molecule has 0 bridgehead atoms. The Balaban J connectivity index is 2.54. The normalized spacial score (nSPS) is 12.1. The quantitative estimate of drug-likeness (QED) is 0.829. The smallest absolute Gasteiger partial charge is 0.238 e. The number of para-hydroxylation sites is 1. The van der Waals surface area contributed by atoms with Crippen LogP contribution >= 0.6 is 15.9 Å². The number of hydrogen-bond acceptors (Lipinski definition) is 3. The van der Waals surface area contributed by atoms with Crippen LogP contribution < -0.4 is 10.6 Å². The van der Waals surface area contributed by atoms with Crippen LogP contribution in [0.5, 0.6) is 0 Å². The number of benzene rings is 1. The third kappa shape index (κ3) is 4.94. The largest absolute Gasteiger partial charge is 0.355 e. The van der Waals surface area contributed by atoms with Gasteiger partial charge < -0.3 is 10.6 Å². The van der Waals surface area contributed by atoms with Crippen LogP contribution in [0.1, 0.15) is 13.8 Å². The van der Waals surface area contributed by atoms with Crippen molar-refractivity contribution in [2.24, 2.45) is 0 Å². The van der Waals surface area contributed by atoms with Crippen molar-refractivity contribution in [3.8, 4) is 0 Å². The predicted molar refractivity (Wildman–Crippen MR) is 83.5 cm³/mol. The summed E-state index contributed by atoms with van der Waals surface area (Å²) in [5, 5.41) is 5.55. The lowest BCUT2D eigenvalue weighted by molar-refractivity contribution is -0.126. The molecule has 20 heavy (non-hydrogen) atoms. The van der Waals surface area contributed by atoms with Gasteiger partial charge in [-0.2, -0.15) is 0 Å². The SMILES string of the molecule is CCNC(=O)[C@H](C)N(C)CC(=O)Nc1ccccc1Br. The molecule has 6 heteroatoms. The van der Waals surface area contributed by atoms with Crippen LogP contribution in [-0.2, 0) is 9.59 Å². The lowest BCUT2D eigenvalue weighted by Crippen LogP contribution is -2.45. The van der Waals surface area contributed by atoms with Gasteiger partial charge in [0.15, 0.2) is 0 Å². The van der Waals surface area contributed by atoms with Gasteiger partial charge in [-0.25, -0.2) is 0 Å². The van der Waals surface area contributed by atoms with E-state index in [1.54, 1.807) is 18.9 Å². The zero-order chi connectivity index (χ0) is 15.1. The number of anilines is 1. The van der Waals surface area contributed by atoms with Crippen molar-refractivity contribution >= 4 is 33.4 Å². The van der Waals surface area contributed by atoms with Gasteiger partial charge in [0.2, 0.25) is 11.8 Å². The van der Waals surface area contributed by atoms with E-state index in [0.29, 0.717) is 6.54 Å². The second-order valence-corrected chi connectivity index (χ2v) is 5.37. The fraction of sp³-hybridized carbons (Fsp3) is 0.429. The average molecular weight is 342 g/mol. The van der Waals surface area contributed by atoms with Crippen LogP contribution in [0.2, 0.25) is 0 Å². The van der Waals surface area contributed by atoms with E-state index >= 15 is 0 Å². The summed E-state index contributed by atoms with van der Waals surface area (Å²) in [7, 11) is 1.75. The van der Waals surface area contributed by atoms with Crippen LogP contribution in [0.4, 0.5) is 5.69 Å². The summed E-state index contributed by atoms with van der Waals surface area (Å²) in [5.41, 5.74) is 0.719. The van der Waals surface area contributed by atoms with Crippen molar-refractivity contribution < 1.29 is 9.59 Å². The Morgan fingerprint density at radius 2 is 2.00 bits per heavy atom. The van der Waals surface area contributed by atoms with E-state index in [2.05, 4.69) is 26.6 Å². The molecular formula is C14H20BrN3O2. The average Bonchev–Trinajstić information content (AvgIpc) is 2.40. The maximum absolute atomic E-state index is 12.0. The zero-order valence-corrected chi connectivity index (χ0v) is 13.5. The van der Waals surface area contributed by atoms with E-state index in [1.165, 1.54) is 0 Å². The van der Waals surface area contributed by atoms with E-state index in [0.717, 1.165) is 10.2 Å². The van der Waals surface area contributed by atoms with Crippen LogP contribution in [0.3, 0.4) is 0 Å². The molecule has 5 nitrogen and oxygen atoms in total. The van der Waals surface area contributed by atoms with Crippen molar-refractivity contribution in [1.82, 2.24) is 10.2 Å². The molecular weight excluding hydrogens is 322 g/mol. The van der Waals surface area contributed by atoms with Crippen LogP contribution in [0.25, 0.3) is 0 Å². The maximum atomic E-state index is 12.0. The maximum Gasteiger partial charge on any atom is 0.238 e. The van der Waals surface area contributed by atoms with E-state index < -0.39 is 0 Å². The van der Waals surface area contributed by atoms with Crippen molar-refractivity contribution in [3.63, 3.8) is 0 Å². The Labute approximate surface area is 127 Å². The second kappa shape index (κ2) is 8.01. The molecule has 2 amide bonds. The van der Waals surface area contributed by atoms with Crippen molar-refractivity contribution in [2.45, 2.75) is 19.9 Å². The Kier molecular flexibility index (Phi) is 6.67. The fourth-order valence-electron chi connectivity index (χ4n) is 1.64. The second-order valence-electron chi connectivity index (χ2n) is 4.51. The minimum absolute atomic E-state index is 0.0799. The first-order valence-electron chi connectivity index (χ1n) is 6.48. The molecule has 0 radical (unpaired) electrons. The molecule has 1 atom stereocenters. The minimum atomic E-state index is -0.347. The highest BCUT2D eigenvalue weighted by atomic mass is 79.9. The van der Waals surface area contributed by atoms with Gasteiger partial charge in [0.25, 0.3) is 0 Å². The standard InChI is InChI=1S/C14H20BrN3O2/c1-4-16-14(20)10(2)18(3)9-13(19)17-12-8-6-5-7-11(12)15/h5-8,10H,4,9H2,1-3H3,(H,16,20)(H,17,19)/t10-/m0/s1. The first kappa shape index (κ1) is 16.7. The molecule has 1 aromatic carbocycles. The molecule has 1 aromatic rings. The van der Waals surface area contributed by atoms with Gasteiger partial charge in [-0.05, 0) is 49.0 Å². The van der Waals surface area contributed by atoms with Gasteiger partial charge in [-0.3, -0.25) is 14.5 Å². The first-order valence-corrected chi connectivity index (χ1v) is 7.27. The summed E-state index contributed by atoms with van der Waals surface area (Å²) in [5.74, 6) is -0.237. The molecule has 0 heterocycles. The molecule has 0 aliphatic rings. The van der Waals surface area contributed by atoms with Gasteiger partial charge in [0, 0.05) is 11.0 Å². The van der Waals surface area contributed by atoms with E-state index in [1.807, 2.05) is 31.2 Å². The van der Waals surface area contributed by atoms with E-state index in [4.69, 9.17) is 0 Å². The lowest BCUT2D eigenvalue weighted by atomic mass is 10.2. The fourth-order valence-corrected chi connectivity index (χ4v) is 2.02. The third-order valence-electron chi connectivity index (χ3n) is 2.93. The summed E-state index contributed by atoms with van der Waals surface area (Å²) in [6.45, 7) is 4.38. The number of halogens is 1.